The van der Waals surface area contributed by atoms with Crippen molar-refractivity contribution in [3.63, 3.8) is 0 Å². The Morgan fingerprint density at radius 2 is 1.82 bits per heavy atom. The van der Waals surface area contributed by atoms with E-state index in [-0.39, 0.29) is 0 Å². The summed E-state index contributed by atoms with van der Waals surface area (Å²) in [6, 6.07) is 13.2. The molecule has 3 rings (SSSR count). The van der Waals surface area contributed by atoms with Crippen LogP contribution < -0.4 is 11.1 Å². The first-order chi connectivity index (χ1) is 8.24. The first-order valence-corrected chi connectivity index (χ1v) is 5.31. The third kappa shape index (κ3) is 1.59. The smallest absolute Gasteiger partial charge is 0.316 e. The molecule has 4 nitrogen and oxygen atoms in total. The van der Waals surface area contributed by atoms with E-state index in [1.807, 2.05) is 42.5 Å². The lowest BCUT2D eigenvalue weighted by molar-refractivity contribution is 0.259. The summed E-state index contributed by atoms with van der Waals surface area (Å²) in [5.41, 5.74) is 7.93. The van der Waals surface area contributed by atoms with Crippen LogP contribution in [0.3, 0.4) is 0 Å². The number of urea groups is 1. The van der Waals surface area contributed by atoms with Crippen LogP contribution in [0.1, 0.15) is 0 Å². The topological polar surface area (TPSA) is 70.9 Å². The number of carbonyl (C=O) groups is 1. The van der Waals surface area contributed by atoms with Crippen molar-refractivity contribution in [1.82, 2.24) is 4.98 Å². The zero-order valence-corrected chi connectivity index (χ0v) is 9.03. The highest BCUT2D eigenvalue weighted by Crippen LogP contribution is 2.27. The molecule has 0 saturated carbocycles. The Morgan fingerprint density at radius 3 is 2.65 bits per heavy atom. The van der Waals surface area contributed by atoms with Gasteiger partial charge in [0.2, 0.25) is 0 Å². The Labute approximate surface area is 97.4 Å². The molecule has 4 heteroatoms. The van der Waals surface area contributed by atoms with Crippen molar-refractivity contribution in [1.29, 1.82) is 0 Å². The number of aromatic nitrogens is 1. The van der Waals surface area contributed by atoms with E-state index in [1.54, 1.807) is 0 Å². The molecule has 4 N–H and O–H groups in total. The lowest BCUT2D eigenvalue weighted by Crippen LogP contribution is -2.19. The van der Waals surface area contributed by atoms with Crippen molar-refractivity contribution in [3.8, 4) is 0 Å². The number of hydrogen-bond donors (Lipinski definition) is 3. The molecule has 1 heterocycles. The van der Waals surface area contributed by atoms with Crippen LogP contribution in [0.2, 0.25) is 0 Å². The number of H-pyrrole nitrogens is 1. The molecule has 3 aromatic rings. The van der Waals surface area contributed by atoms with E-state index in [0.717, 1.165) is 21.8 Å². The number of hydrogen-bond acceptors (Lipinski definition) is 1. The quantitative estimate of drug-likeness (QED) is 0.585. The Hall–Kier alpha value is -2.49. The summed E-state index contributed by atoms with van der Waals surface area (Å²) in [4.78, 5) is 14.1. The lowest BCUT2D eigenvalue weighted by atomic mass is 10.1. The Morgan fingerprint density at radius 1 is 1.06 bits per heavy atom. The predicted octanol–water partition coefficient (Wildman–Crippen LogP) is 2.81. The minimum atomic E-state index is -0.552. The van der Waals surface area contributed by atoms with E-state index in [4.69, 9.17) is 5.73 Å². The Balaban J connectivity index is 2.26. The molecule has 0 aliphatic rings. The highest BCUT2D eigenvalue weighted by molar-refractivity contribution is 6.08. The van der Waals surface area contributed by atoms with Gasteiger partial charge in [-0.05, 0) is 24.3 Å². The third-order valence-electron chi connectivity index (χ3n) is 2.77. The largest absolute Gasteiger partial charge is 0.355 e. The maximum Gasteiger partial charge on any atom is 0.316 e. The fourth-order valence-electron chi connectivity index (χ4n) is 2.07. The minimum absolute atomic E-state index is 0.552. The summed E-state index contributed by atoms with van der Waals surface area (Å²) in [7, 11) is 0. The number of rotatable bonds is 1. The standard InChI is InChI=1S/C13H11N3O/c14-13(17)15-8-5-6-12-10(7-8)9-3-1-2-4-11(9)16-12/h1-7,16H,(H3,14,15,17). The summed E-state index contributed by atoms with van der Waals surface area (Å²) in [5.74, 6) is 0. The van der Waals surface area contributed by atoms with E-state index in [1.165, 1.54) is 0 Å². The summed E-state index contributed by atoms with van der Waals surface area (Å²) < 4.78 is 0. The van der Waals surface area contributed by atoms with E-state index >= 15 is 0 Å². The molecule has 0 unspecified atom stereocenters. The van der Waals surface area contributed by atoms with Crippen LogP contribution in [0.4, 0.5) is 10.5 Å². The van der Waals surface area contributed by atoms with Crippen molar-refractivity contribution >= 4 is 33.5 Å². The third-order valence-corrected chi connectivity index (χ3v) is 2.77. The normalized spacial score (nSPS) is 10.8. The minimum Gasteiger partial charge on any atom is -0.355 e. The van der Waals surface area contributed by atoms with Gasteiger partial charge in [0.25, 0.3) is 0 Å². The number of carbonyl (C=O) groups excluding carboxylic acids is 1. The van der Waals surface area contributed by atoms with Gasteiger partial charge in [-0.3, -0.25) is 0 Å². The van der Waals surface area contributed by atoms with Crippen molar-refractivity contribution < 1.29 is 4.79 Å². The van der Waals surface area contributed by atoms with Crippen LogP contribution in [-0.2, 0) is 0 Å². The summed E-state index contributed by atoms with van der Waals surface area (Å²) in [5, 5.41) is 4.79. The van der Waals surface area contributed by atoms with Crippen LogP contribution in [0.15, 0.2) is 42.5 Å². The number of nitrogens with two attached hydrogens (primary N) is 1. The zero-order chi connectivity index (χ0) is 11.8. The molecule has 0 bridgehead atoms. The van der Waals surface area contributed by atoms with Crippen LogP contribution in [0, 0.1) is 0 Å². The van der Waals surface area contributed by atoms with Gasteiger partial charge in [0.05, 0.1) is 0 Å². The van der Waals surface area contributed by atoms with Crippen molar-refractivity contribution in [2.75, 3.05) is 5.32 Å². The maximum atomic E-state index is 10.8. The van der Waals surface area contributed by atoms with Gasteiger partial charge < -0.3 is 16.0 Å². The van der Waals surface area contributed by atoms with Crippen molar-refractivity contribution in [2.24, 2.45) is 5.73 Å². The molecule has 17 heavy (non-hydrogen) atoms. The second-order valence-electron chi connectivity index (χ2n) is 3.92. The number of primary amides is 1. The molecule has 0 atom stereocenters. The fraction of sp³-hybridized carbons (Fsp3) is 0. The Kier molecular flexibility index (Phi) is 2.01. The van der Waals surface area contributed by atoms with Gasteiger partial charge in [0, 0.05) is 27.5 Å². The molecule has 0 aliphatic carbocycles. The van der Waals surface area contributed by atoms with Gasteiger partial charge in [0.1, 0.15) is 0 Å². The van der Waals surface area contributed by atoms with Crippen LogP contribution >= 0.6 is 0 Å². The monoisotopic (exact) mass is 225 g/mol. The average molecular weight is 225 g/mol. The van der Waals surface area contributed by atoms with Gasteiger partial charge in [0.15, 0.2) is 0 Å². The number of anilines is 1. The second-order valence-corrected chi connectivity index (χ2v) is 3.92. The number of benzene rings is 2. The summed E-state index contributed by atoms with van der Waals surface area (Å²) in [6.45, 7) is 0. The first kappa shape index (κ1) is 9.72. The maximum absolute atomic E-state index is 10.8. The fourth-order valence-corrected chi connectivity index (χ4v) is 2.07. The van der Waals surface area contributed by atoms with E-state index in [2.05, 4.69) is 10.3 Å². The predicted molar refractivity (Wildman–Crippen MR) is 69.0 cm³/mol. The number of para-hydroxylation sites is 1. The molecule has 0 aliphatic heterocycles. The highest BCUT2D eigenvalue weighted by Gasteiger charge is 2.04. The molecular formula is C13H11N3O. The van der Waals surface area contributed by atoms with Crippen molar-refractivity contribution in [2.45, 2.75) is 0 Å². The Bertz CT molecular complexity index is 715. The van der Waals surface area contributed by atoms with E-state index in [9.17, 15) is 4.79 Å². The number of fused-ring (bicyclic) bond motifs is 3. The second kappa shape index (κ2) is 3.52. The van der Waals surface area contributed by atoms with Crippen LogP contribution in [-0.4, -0.2) is 11.0 Å². The van der Waals surface area contributed by atoms with Gasteiger partial charge in [-0.2, -0.15) is 0 Å². The molecule has 1 aromatic heterocycles. The number of nitrogens with one attached hydrogen (secondary N) is 2. The molecular weight excluding hydrogens is 214 g/mol. The summed E-state index contributed by atoms with van der Waals surface area (Å²) in [6.07, 6.45) is 0. The van der Waals surface area contributed by atoms with Gasteiger partial charge in [-0.1, -0.05) is 18.2 Å². The molecule has 0 spiro atoms. The zero-order valence-electron chi connectivity index (χ0n) is 9.03. The molecule has 2 aromatic carbocycles. The molecule has 0 fully saturated rings. The van der Waals surface area contributed by atoms with E-state index < -0.39 is 6.03 Å². The SMILES string of the molecule is NC(=O)Nc1ccc2[nH]c3ccccc3c2c1. The molecule has 2 amide bonds. The van der Waals surface area contributed by atoms with E-state index in [0.29, 0.717) is 5.69 Å². The first-order valence-electron chi connectivity index (χ1n) is 5.31. The highest BCUT2D eigenvalue weighted by atomic mass is 16.2. The molecule has 0 radical (unpaired) electrons. The van der Waals surface area contributed by atoms with Gasteiger partial charge in [-0.15, -0.1) is 0 Å². The van der Waals surface area contributed by atoms with Crippen LogP contribution in [0.25, 0.3) is 21.8 Å². The number of aromatic amines is 1. The molecule has 0 saturated heterocycles. The van der Waals surface area contributed by atoms with Crippen molar-refractivity contribution in [3.05, 3.63) is 42.5 Å². The number of amides is 2. The lowest BCUT2D eigenvalue weighted by Gasteiger charge is -2.01. The van der Waals surface area contributed by atoms with Gasteiger partial charge in [-0.25, -0.2) is 4.79 Å². The molecule has 84 valence electrons. The van der Waals surface area contributed by atoms with Crippen LogP contribution in [0.5, 0.6) is 0 Å². The summed E-state index contributed by atoms with van der Waals surface area (Å²) >= 11 is 0. The van der Waals surface area contributed by atoms with Gasteiger partial charge >= 0.3 is 6.03 Å². The average Bonchev–Trinajstić information content (AvgIpc) is 2.66.